The monoisotopic (exact) mass is 313 g/mol. The molecule has 0 saturated heterocycles. The van der Waals surface area contributed by atoms with Crippen molar-refractivity contribution >= 4 is 17.3 Å². The van der Waals surface area contributed by atoms with Crippen molar-refractivity contribution in [2.75, 3.05) is 0 Å². The molecule has 0 bridgehead atoms. The number of para-hydroxylation sites is 2. The van der Waals surface area contributed by atoms with Gasteiger partial charge in [-0.1, -0.05) is 31.2 Å². The highest BCUT2D eigenvalue weighted by atomic mass is 16.6. The lowest BCUT2D eigenvalue weighted by molar-refractivity contribution is -0.385. The van der Waals surface area contributed by atoms with Gasteiger partial charge in [-0.05, 0) is 24.6 Å². The Morgan fingerprint density at radius 1 is 1.17 bits per heavy atom. The molecular formula is C16H15N3O4. The first-order valence-electron chi connectivity index (χ1n) is 6.93. The molecule has 0 saturated carbocycles. The number of benzene rings is 2. The Hall–Kier alpha value is -3.22. The molecule has 2 N–H and O–H groups in total. The van der Waals surface area contributed by atoms with Gasteiger partial charge in [0.15, 0.2) is 0 Å². The Kier molecular flexibility index (Phi) is 5.03. The molecule has 0 spiro atoms. The molecule has 7 nitrogen and oxygen atoms in total. The van der Waals surface area contributed by atoms with E-state index in [1.165, 1.54) is 30.3 Å². The van der Waals surface area contributed by atoms with Crippen LogP contribution in [0.15, 0.2) is 53.6 Å². The minimum Gasteiger partial charge on any atom is -0.507 e. The van der Waals surface area contributed by atoms with Gasteiger partial charge >= 0.3 is 0 Å². The molecule has 7 heteroatoms. The first kappa shape index (κ1) is 16.2. The van der Waals surface area contributed by atoms with Gasteiger partial charge in [0.2, 0.25) is 0 Å². The molecule has 0 aliphatic heterocycles. The second kappa shape index (κ2) is 7.17. The molecule has 23 heavy (non-hydrogen) atoms. The van der Waals surface area contributed by atoms with Gasteiger partial charge < -0.3 is 5.11 Å². The lowest BCUT2D eigenvalue weighted by Gasteiger charge is -2.07. The lowest BCUT2D eigenvalue weighted by Crippen LogP contribution is -2.21. The van der Waals surface area contributed by atoms with E-state index in [-0.39, 0.29) is 17.0 Å². The van der Waals surface area contributed by atoms with E-state index in [1.54, 1.807) is 18.2 Å². The zero-order chi connectivity index (χ0) is 16.8. The third-order valence-electron chi connectivity index (χ3n) is 3.19. The number of hydrogen-bond acceptors (Lipinski definition) is 5. The zero-order valence-corrected chi connectivity index (χ0v) is 12.4. The number of hydrazone groups is 1. The smallest absolute Gasteiger partial charge is 0.282 e. The van der Waals surface area contributed by atoms with E-state index in [2.05, 4.69) is 10.5 Å². The normalized spacial score (nSPS) is 11.1. The largest absolute Gasteiger partial charge is 0.507 e. The summed E-state index contributed by atoms with van der Waals surface area (Å²) in [5.41, 5.74) is 2.90. The SMILES string of the molecule is CC/C(=N\NC(=O)c1ccccc1[N+](=O)[O-])c1ccccc1O. The van der Waals surface area contributed by atoms with Crippen LogP contribution in [-0.2, 0) is 0 Å². The van der Waals surface area contributed by atoms with Gasteiger partial charge in [0.1, 0.15) is 11.3 Å². The average Bonchev–Trinajstić information content (AvgIpc) is 2.56. The van der Waals surface area contributed by atoms with Crippen LogP contribution in [0.2, 0.25) is 0 Å². The van der Waals surface area contributed by atoms with Gasteiger partial charge in [-0.2, -0.15) is 5.10 Å². The standard InChI is InChI=1S/C16H15N3O4/c1-2-13(11-7-4-6-10-15(11)20)17-18-16(21)12-8-3-5-9-14(12)19(22)23/h3-10,20H,2H2,1H3,(H,18,21)/b17-13+. The van der Waals surface area contributed by atoms with Crippen LogP contribution in [0.4, 0.5) is 5.69 Å². The van der Waals surface area contributed by atoms with E-state index in [0.717, 1.165) is 0 Å². The van der Waals surface area contributed by atoms with E-state index in [0.29, 0.717) is 17.7 Å². The van der Waals surface area contributed by atoms with Crippen LogP contribution >= 0.6 is 0 Å². The van der Waals surface area contributed by atoms with E-state index in [9.17, 15) is 20.0 Å². The fourth-order valence-corrected chi connectivity index (χ4v) is 2.05. The van der Waals surface area contributed by atoms with Gasteiger partial charge in [-0.3, -0.25) is 14.9 Å². The molecule has 0 heterocycles. The number of nitrogens with one attached hydrogen (secondary N) is 1. The minimum atomic E-state index is -0.682. The summed E-state index contributed by atoms with van der Waals surface area (Å²) >= 11 is 0. The third-order valence-corrected chi connectivity index (χ3v) is 3.19. The average molecular weight is 313 g/mol. The lowest BCUT2D eigenvalue weighted by atomic mass is 10.1. The maximum absolute atomic E-state index is 12.1. The predicted molar refractivity (Wildman–Crippen MR) is 85.5 cm³/mol. The number of phenolic OH excluding ortho intramolecular Hbond substituents is 1. The summed E-state index contributed by atoms with van der Waals surface area (Å²) < 4.78 is 0. The summed E-state index contributed by atoms with van der Waals surface area (Å²) in [5.74, 6) is -0.633. The van der Waals surface area contributed by atoms with Crippen molar-refractivity contribution in [3.8, 4) is 5.75 Å². The molecular weight excluding hydrogens is 298 g/mol. The quantitative estimate of drug-likeness (QED) is 0.503. The molecule has 0 unspecified atom stereocenters. The van der Waals surface area contributed by atoms with Crippen molar-refractivity contribution in [1.29, 1.82) is 0 Å². The molecule has 0 fully saturated rings. The maximum atomic E-state index is 12.1. The van der Waals surface area contributed by atoms with Crippen LogP contribution in [-0.4, -0.2) is 21.6 Å². The third kappa shape index (κ3) is 3.70. The van der Waals surface area contributed by atoms with Crippen molar-refractivity contribution in [2.45, 2.75) is 13.3 Å². The zero-order valence-electron chi connectivity index (χ0n) is 12.4. The topological polar surface area (TPSA) is 105 Å². The maximum Gasteiger partial charge on any atom is 0.282 e. The molecule has 118 valence electrons. The van der Waals surface area contributed by atoms with Gasteiger partial charge in [0.05, 0.1) is 10.6 Å². The summed E-state index contributed by atoms with van der Waals surface area (Å²) in [6.45, 7) is 1.82. The summed E-state index contributed by atoms with van der Waals surface area (Å²) in [5, 5.41) is 24.8. The van der Waals surface area contributed by atoms with Crippen LogP contribution < -0.4 is 5.43 Å². The summed E-state index contributed by atoms with van der Waals surface area (Å²) in [4.78, 5) is 22.4. The van der Waals surface area contributed by atoms with E-state index < -0.39 is 10.8 Å². The Morgan fingerprint density at radius 2 is 1.78 bits per heavy atom. The van der Waals surface area contributed by atoms with Gasteiger partial charge in [-0.15, -0.1) is 0 Å². The number of nitrogens with zero attached hydrogens (tertiary/aromatic N) is 2. The second-order valence-electron chi connectivity index (χ2n) is 4.64. The highest BCUT2D eigenvalue weighted by Gasteiger charge is 2.19. The second-order valence-corrected chi connectivity index (χ2v) is 4.64. The van der Waals surface area contributed by atoms with E-state index in [4.69, 9.17) is 0 Å². The summed E-state index contributed by atoms with van der Waals surface area (Å²) in [6.07, 6.45) is 0.467. The molecule has 0 radical (unpaired) electrons. The first-order chi connectivity index (χ1) is 11.0. The van der Waals surface area contributed by atoms with Crippen molar-refractivity contribution in [1.82, 2.24) is 5.43 Å². The predicted octanol–water partition coefficient (Wildman–Crippen LogP) is 2.84. The first-order valence-corrected chi connectivity index (χ1v) is 6.93. The number of aromatic hydroxyl groups is 1. The highest BCUT2D eigenvalue weighted by Crippen LogP contribution is 2.19. The van der Waals surface area contributed by atoms with Crippen LogP contribution in [0.25, 0.3) is 0 Å². The number of carbonyl (C=O) groups excluding carboxylic acids is 1. The molecule has 1 amide bonds. The van der Waals surface area contributed by atoms with Crippen molar-refractivity contribution < 1.29 is 14.8 Å². The number of amides is 1. The van der Waals surface area contributed by atoms with Crippen molar-refractivity contribution in [2.24, 2.45) is 5.10 Å². The summed E-state index contributed by atoms with van der Waals surface area (Å²) in [7, 11) is 0. The molecule has 2 rings (SSSR count). The van der Waals surface area contributed by atoms with Gasteiger partial charge in [0.25, 0.3) is 11.6 Å². The Morgan fingerprint density at radius 3 is 2.39 bits per heavy atom. The molecule has 2 aromatic rings. The van der Waals surface area contributed by atoms with Gasteiger partial charge in [0, 0.05) is 11.6 Å². The molecule has 2 aromatic carbocycles. The van der Waals surface area contributed by atoms with E-state index in [1.807, 2.05) is 6.92 Å². The number of phenols is 1. The minimum absolute atomic E-state index is 0.0491. The van der Waals surface area contributed by atoms with E-state index >= 15 is 0 Å². The van der Waals surface area contributed by atoms with Crippen molar-refractivity contribution in [3.05, 3.63) is 69.8 Å². The van der Waals surface area contributed by atoms with Gasteiger partial charge in [-0.25, -0.2) is 5.43 Å². The number of rotatable bonds is 5. The van der Waals surface area contributed by atoms with Crippen LogP contribution in [0.3, 0.4) is 0 Å². The van der Waals surface area contributed by atoms with Crippen molar-refractivity contribution in [3.63, 3.8) is 0 Å². The number of carbonyl (C=O) groups is 1. The molecule has 0 aliphatic carbocycles. The Bertz CT molecular complexity index is 771. The van der Waals surface area contributed by atoms with Crippen LogP contribution in [0.1, 0.15) is 29.3 Å². The summed E-state index contributed by atoms with van der Waals surface area (Å²) in [6, 6.07) is 12.2. The molecule has 0 atom stereocenters. The molecule has 0 aliphatic rings. The number of hydrogen-bond donors (Lipinski definition) is 2. The number of nitro benzene ring substituents is 1. The number of nitro groups is 1. The fraction of sp³-hybridized carbons (Fsp3) is 0.125. The Balaban J connectivity index is 2.26. The van der Waals surface area contributed by atoms with Crippen LogP contribution in [0, 0.1) is 10.1 Å². The molecule has 0 aromatic heterocycles. The van der Waals surface area contributed by atoms with Crippen LogP contribution in [0.5, 0.6) is 5.75 Å². The highest BCUT2D eigenvalue weighted by molar-refractivity contribution is 6.04. The fourth-order valence-electron chi connectivity index (χ4n) is 2.05. The Labute approximate surface area is 132 Å².